The Balaban J connectivity index is 4.86. The number of rotatable bonds is 6. The summed E-state index contributed by atoms with van der Waals surface area (Å²) in [6, 6.07) is -0.0555. The smallest absolute Gasteiger partial charge is 0.356 e. The minimum absolute atomic E-state index is 0.0555. The maximum Gasteiger partial charge on any atom is 0.423 e. The van der Waals surface area contributed by atoms with E-state index >= 15 is 0 Å². The van der Waals surface area contributed by atoms with Gasteiger partial charge in [-0.2, -0.15) is 26.3 Å². The van der Waals surface area contributed by atoms with Gasteiger partial charge in [0, 0.05) is 12.6 Å². The first-order chi connectivity index (χ1) is 8.35. The second-order valence-corrected chi connectivity index (χ2v) is 4.94. The lowest BCUT2D eigenvalue weighted by Gasteiger charge is -2.30. The van der Waals surface area contributed by atoms with E-state index in [1.165, 1.54) is 13.8 Å². The fraction of sp³-hybridized carbons (Fsp3) is 1.00. The molecule has 0 aliphatic carbocycles. The number of hydrogen-bond acceptors (Lipinski definition) is 2. The highest BCUT2D eigenvalue weighted by molar-refractivity contribution is 4.80. The summed E-state index contributed by atoms with van der Waals surface area (Å²) in [5.74, 6) is -0.474. The second kappa shape index (κ2) is 6.78. The number of ether oxygens (including phenoxy) is 1. The van der Waals surface area contributed by atoms with E-state index in [2.05, 4.69) is 10.1 Å². The molecule has 0 radical (unpaired) electrons. The molecule has 0 fully saturated rings. The number of alkyl halides is 6. The van der Waals surface area contributed by atoms with Crippen LogP contribution in [0.25, 0.3) is 0 Å². The molecular weight excluding hydrogens is 276 g/mol. The summed E-state index contributed by atoms with van der Waals surface area (Å²) >= 11 is 0. The third kappa shape index (κ3) is 7.00. The maximum atomic E-state index is 12.4. The van der Waals surface area contributed by atoms with Crippen LogP contribution in [0.4, 0.5) is 26.3 Å². The molecule has 0 spiro atoms. The Hall–Kier alpha value is -0.500. The summed E-state index contributed by atoms with van der Waals surface area (Å²) in [6.07, 6.45) is -15.9. The second-order valence-electron chi connectivity index (χ2n) is 4.94. The number of halogens is 6. The molecule has 0 saturated carbocycles. The molecule has 0 heterocycles. The Morgan fingerprint density at radius 3 is 1.58 bits per heavy atom. The van der Waals surface area contributed by atoms with Gasteiger partial charge in [-0.25, -0.2) is 0 Å². The SMILES string of the molecule is CC(C)NCC(OC(C(F)(F)F)C(F)(F)F)C(C)C. The van der Waals surface area contributed by atoms with Gasteiger partial charge in [0.15, 0.2) is 0 Å². The van der Waals surface area contributed by atoms with Gasteiger partial charge in [0.1, 0.15) is 0 Å². The molecule has 8 heteroatoms. The molecule has 0 aliphatic heterocycles. The highest BCUT2D eigenvalue weighted by atomic mass is 19.4. The van der Waals surface area contributed by atoms with Crippen molar-refractivity contribution in [1.29, 1.82) is 0 Å². The van der Waals surface area contributed by atoms with Crippen LogP contribution in [0.2, 0.25) is 0 Å². The van der Waals surface area contributed by atoms with Crippen molar-refractivity contribution in [2.24, 2.45) is 5.92 Å². The van der Waals surface area contributed by atoms with Gasteiger partial charge in [-0.15, -0.1) is 0 Å². The van der Waals surface area contributed by atoms with Crippen molar-refractivity contribution in [3.05, 3.63) is 0 Å². The summed E-state index contributed by atoms with van der Waals surface area (Å²) in [5, 5.41) is 2.78. The topological polar surface area (TPSA) is 21.3 Å². The van der Waals surface area contributed by atoms with Crippen molar-refractivity contribution in [2.45, 2.75) is 58.3 Å². The molecular formula is C11H19F6NO. The van der Waals surface area contributed by atoms with E-state index in [1.807, 2.05) is 0 Å². The Labute approximate surface area is 108 Å². The van der Waals surface area contributed by atoms with E-state index in [4.69, 9.17) is 0 Å². The minimum atomic E-state index is -5.47. The molecule has 116 valence electrons. The maximum absolute atomic E-state index is 12.4. The summed E-state index contributed by atoms with van der Waals surface area (Å²) < 4.78 is 78.5. The van der Waals surface area contributed by atoms with Gasteiger partial charge in [-0.05, 0) is 5.92 Å². The van der Waals surface area contributed by atoms with Crippen LogP contribution in [0.3, 0.4) is 0 Å². The molecule has 0 bridgehead atoms. The summed E-state index contributed by atoms with van der Waals surface area (Å²) in [5.41, 5.74) is 0. The average molecular weight is 295 g/mol. The van der Waals surface area contributed by atoms with Crippen molar-refractivity contribution < 1.29 is 31.1 Å². The zero-order chi connectivity index (χ0) is 15.4. The third-order valence-electron chi connectivity index (χ3n) is 2.38. The van der Waals surface area contributed by atoms with Crippen LogP contribution in [-0.2, 0) is 4.74 Å². The van der Waals surface area contributed by atoms with E-state index in [0.717, 1.165) is 0 Å². The molecule has 0 aromatic carbocycles. The van der Waals surface area contributed by atoms with E-state index in [1.54, 1.807) is 13.8 Å². The van der Waals surface area contributed by atoms with Crippen molar-refractivity contribution in [1.82, 2.24) is 5.32 Å². The summed E-state index contributed by atoms with van der Waals surface area (Å²) in [4.78, 5) is 0. The largest absolute Gasteiger partial charge is 0.423 e. The fourth-order valence-corrected chi connectivity index (χ4v) is 1.31. The van der Waals surface area contributed by atoms with Gasteiger partial charge < -0.3 is 10.1 Å². The lowest BCUT2D eigenvalue weighted by molar-refractivity contribution is -0.333. The predicted molar refractivity (Wildman–Crippen MR) is 58.7 cm³/mol. The average Bonchev–Trinajstić information content (AvgIpc) is 2.12. The Kier molecular flexibility index (Phi) is 6.61. The van der Waals surface area contributed by atoms with Crippen LogP contribution in [0, 0.1) is 5.92 Å². The highest BCUT2D eigenvalue weighted by Gasteiger charge is 2.58. The quantitative estimate of drug-likeness (QED) is 0.757. The molecule has 0 aromatic heterocycles. The lowest BCUT2D eigenvalue weighted by Crippen LogP contribution is -2.49. The van der Waals surface area contributed by atoms with Crippen LogP contribution in [0.5, 0.6) is 0 Å². The van der Waals surface area contributed by atoms with Crippen molar-refractivity contribution in [3.63, 3.8) is 0 Å². The van der Waals surface area contributed by atoms with Crippen LogP contribution in [0.1, 0.15) is 27.7 Å². The van der Waals surface area contributed by atoms with Crippen molar-refractivity contribution >= 4 is 0 Å². The lowest BCUT2D eigenvalue weighted by atomic mass is 10.1. The highest BCUT2D eigenvalue weighted by Crippen LogP contribution is 2.36. The standard InChI is InChI=1S/C11H19F6NO/c1-6(2)8(5-18-7(3)4)19-9(10(12,13)14)11(15,16)17/h6-9,18H,5H2,1-4H3. The zero-order valence-electron chi connectivity index (χ0n) is 11.2. The van der Waals surface area contributed by atoms with E-state index in [-0.39, 0.29) is 12.6 Å². The van der Waals surface area contributed by atoms with E-state index < -0.39 is 30.5 Å². The van der Waals surface area contributed by atoms with Gasteiger partial charge in [-0.1, -0.05) is 27.7 Å². The van der Waals surface area contributed by atoms with Crippen LogP contribution in [-0.4, -0.2) is 37.1 Å². The molecule has 19 heavy (non-hydrogen) atoms. The van der Waals surface area contributed by atoms with Crippen LogP contribution < -0.4 is 5.32 Å². The van der Waals surface area contributed by atoms with E-state index in [9.17, 15) is 26.3 Å². The Morgan fingerprint density at radius 2 is 1.32 bits per heavy atom. The first-order valence-electron chi connectivity index (χ1n) is 5.88. The van der Waals surface area contributed by atoms with Crippen molar-refractivity contribution in [2.75, 3.05) is 6.54 Å². The molecule has 1 unspecified atom stereocenters. The molecule has 2 nitrogen and oxygen atoms in total. The van der Waals surface area contributed by atoms with Gasteiger partial charge in [0.2, 0.25) is 6.10 Å². The summed E-state index contributed by atoms with van der Waals surface area (Å²) in [6.45, 7) is 6.43. The summed E-state index contributed by atoms with van der Waals surface area (Å²) in [7, 11) is 0. The molecule has 0 rings (SSSR count). The minimum Gasteiger partial charge on any atom is -0.356 e. The van der Waals surface area contributed by atoms with Crippen LogP contribution >= 0.6 is 0 Å². The predicted octanol–water partition coefficient (Wildman–Crippen LogP) is 3.52. The fourth-order valence-electron chi connectivity index (χ4n) is 1.31. The Bertz CT molecular complexity index is 247. The normalized spacial score (nSPS) is 15.6. The first-order valence-corrected chi connectivity index (χ1v) is 5.88. The Morgan fingerprint density at radius 1 is 0.895 bits per heavy atom. The third-order valence-corrected chi connectivity index (χ3v) is 2.38. The van der Waals surface area contributed by atoms with Gasteiger partial charge in [0.25, 0.3) is 0 Å². The van der Waals surface area contributed by atoms with Gasteiger partial charge in [0.05, 0.1) is 6.10 Å². The van der Waals surface area contributed by atoms with Gasteiger partial charge >= 0.3 is 12.4 Å². The van der Waals surface area contributed by atoms with E-state index in [0.29, 0.717) is 0 Å². The first kappa shape index (κ1) is 18.5. The number of nitrogens with one attached hydrogen (secondary N) is 1. The molecule has 1 atom stereocenters. The molecule has 0 aromatic rings. The van der Waals surface area contributed by atoms with Crippen LogP contribution in [0.15, 0.2) is 0 Å². The zero-order valence-corrected chi connectivity index (χ0v) is 11.2. The molecule has 0 saturated heterocycles. The van der Waals surface area contributed by atoms with Gasteiger partial charge in [-0.3, -0.25) is 0 Å². The molecule has 0 aliphatic rings. The monoisotopic (exact) mass is 295 g/mol. The number of hydrogen-bond donors (Lipinski definition) is 1. The molecule has 1 N–H and O–H groups in total. The molecule has 0 amide bonds. The van der Waals surface area contributed by atoms with Crippen molar-refractivity contribution in [3.8, 4) is 0 Å².